The molecule has 2 nitrogen and oxygen atoms in total. The molecule has 0 fully saturated rings. The van der Waals surface area contributed by atoms with Gasteiger partial charge in [0.1, 0.15) is 0 Å². The van der Waals surface area contributed by atoms with E-state index >= 15 is 0 Å². The van der Waals surface area contributed by atoms with Gasteiger partial charge in [0, 0.05) is 6.08 Å². The first-order valence-electron chi connectivity index (χ1n) is 3.91. The van der Waals surface area contributed by atoms with E-state index in [1.54, 1.807) is 0 Å². The molecule has 1 aromatic rings. The highest BCUT2D eigenvalue weighted by Crippen LogP contribution is 2.10. The molecule has 0 bridgehead atoms. The Hall–Kier alpha value is -1.71. The van der Waals surface area contributed by atoms with Crippen LogP contribution >= 0.6 is 0 Å². The van der Waals surface area contributed by atoms with E-state index in [4.69, 9.17) is 5.11 Å². The summed E-state index contributed by atoms with van der Waals surface area (Å²) in [4.78, 5) is 10.3. The highest BCUT2D eigenvalue weighted by molar-refractivity contribution is 5.70. The van der Waals surface area contributed by atoms with E-state index in [9.17, 15) is 13.6 Å². The van der Waals surface area contributed by atoms with Gasteiger partial charge in [-0.15, -0.1) is 0 Å². The van der Waals surface area contributed by atoms with Crippen molar-refractivity contribution in [1.82, 2.24) is 0 Å². The van der Waals surface area contributed by atoms with E-state index in [-0.39, 0.29) is 6.42 Å². The van der Waals surface area contributed by atoms with Crippen molar-refractivity contribution in [2.24, 2.45) is 0 Å². The van der Waals surface area contributed by atoms with Crippen LogP contribution in [-0.2, 0) is 11.2 Å². The first kappa shape index (κ1) is 10.4. The van der Waals surface area contributed by atoms with Gasteiger partial charge in [0.15, 0.2) is 0 Å². The van der Waals surface area contributed by atoms with Crippen LogP contribution in [0.15, 0.2) is 30.3 Å². The van der Waals surface area contributed by atoms with Crippen molar-refractivity contribution in [2.75, 3.05) is 0 Å². The summed E-state index contributed by atoms with van der Waals surface area (Å²) in [5, 5.41) is 8.45. The van der Waals surface area contributed by atoms with Gasteiger partial charge >= 0.3 is 5.97 Å². The number of aliphatic carboxylic acids is 1. The number of hydrogen-bond donors (Lipinski definition) is 1. The van der Waals surface area contributed by atoms with Crippen molar-refractivity contribution in [1.29, 1.82) is 0 Å². The molecular weight excluding hydrogens is 190 g/mol. The lowest BCUT2D eigenvalue weighted by Crippen LogP contribution is -1.99. The molecule has 0 saturated heterocycles. The van der Waals surface area contributed by atoms with Gasteiger partial charge in [-0.1, -0.05) is 24.3 Å². The van der Waals surface area contributed by atoms with Gasteiger partial charge in [-0.05, 0) is 11.1 Å². The Morgan fingerprint density at radius 3 is 2.29 bits per heavy atom. The molecule has 0 saturated carbocycles. The summed E-state index contributed by atoms with van der Waals surface area (Å²) >= 11 is 0. The summed E-state index contributed by atoms with van der Waals surface area (Å²) in [6.45, 7) is 0. The molecule has 0 radical (unpaired) electrons. The molecule has 0 aromatic heterocycles. The Kier molecular flexibility index (Phi) is 3.34. The van der Waals surface area contributed by atoms with Crippen LogP contribution in [0.25, 0.3) is 6.08 Å². The van der Waals surface area contributed by atoms with Crippen molar-refractivity contribution in [3.05, 3.63) is 41.5 Å². The minimum Gasteiger partial charge on any atom is -0.481 e. The van der Waals surface area contributed by atoms with E-state index < -0.39 is 12.0 Å². The van der Waals surface area contributed by atoms with Gasteiger partial charge in [0.25, 0.3) is 6.08 Å². The summed E-state index contributed by atoms with van der Waals surface area (Å²) in [5.74, 6) is -0.940. The van der Waals surface area contributed by atoms with Crippen LogP contribution in [-0.4, -0.2) is 11.1 Å². The van der Waals surface area contributed by atoms with Crippen LogP contribution in [0.1, 0.15) is 11.1 Å². The van der Waals surface area contributed by atoms with Gasteiger partial charge in [0.05, 0.1) is 6.42 Å². The van der Waals surface area contributed by atoms with E-state index in [0.29, 0.717) is 11.1 Å². The average molecular weight is 198 g/mol. The molecule has 0 aliphatic carbocycles. The Balaban J connectivity index is 2.78. The summed E-state index contributed by atoms with van der Waals surface area (Å²) in [5.41, 5.74) is 0.952. The monoisotopic (exact) mass is 198 g/mol. The Labute approximate surface area is 79.5 Å². The summed E-state index contributed by atoms with van der Waals surface area (Å²) in [6.07, 6.45) is -1.14. The van der Waals surface area contributed by atoms with Crippen molar-refractivity contribution in [3.63, 3.8) is 0 Å². The van der Waals surface area contributed by atoms with E-state index in [1.165, 1.54) is 24.3 Å². The van der Waals surface area contributed by atoms with Crippen molar-refractivity contribution in [3.8, 4) is 0 Å². The second-order valence-electron chi connectivity index (χ2n) is 2.75. The molecule has 1 aromatic carbocycles. The number of rotatable bonds is 3. The lowest BCUT2D eigenvalue weighted by Gasteiger charge is -1.97. The highest BCUT2D eigenvalue weighted by Gasteiger charge is 1.99. The largest absolute Gasteiger partial charge is 0.481 e. The predicted octanol–water partition coefficient (Wildman–Crippen LogP) is 2.55. The number of hydrogen-bond acceptors (Lipinski definition) is 1. The zero-order valence-electron chi connectivity index (χ0n) is 7.21. The summed E-state index contributed by atoms with van der Waals surface area (Å²) in [6, 6.07) is 5.95. The molecule has 14 heavy (non-hydrogen) atoms. The van der Waals surface area contributed by atoms with Crippen molar-refractivity contribution < 1.29 is 18.7 Å². The van der Waals surface area contributed by atoms with Crippen LogP contribution in [0.5, 0.6) is 0 Å². The molecule has 4 heteroatoms. The Morgan fingerprint density at radius 1 is 1.29 bits per heavy atom. The predicted molar refractivity (Wildman–Crippen MR) is 48.0 cm³/mol. The maximum absolute atomic E-state index is 11.8. The lowest BCUT2D eigenvalue weighted by molar-refractivity contribution is -0.136. The third-order valence-electron chi connectivity index (χ3n) is 1.61. The van der Waals surface area contributed by atoms with Crippen LogP contribution in [0.2, 0.25) is 0 Å². The first-order valence-corrected chi connectivity index (χ1v) is 3.91. The number of carboxylic acid groups (broad SMARTS) is 1. The molecule has 0 spiro atoms. The van der Waals surface area contributed by atoms with Gasteiger partial charge in [0.2, 0.25) is 0 Å². The van der Waals surface area contributed by atoms with Crippen LogP contribution < -0.4 is 0 Å². The first-order chi connectivity index (χ1) is 6.58. The zero-order chi connectivity index (χ0) is 10.6. The highest BCUT2D eigenvalue weighted by atomic mass is 19.3. The fourth-order valence-corrected chi connectivity index (χ4v) is 1.03. The van der Waals surface area contributed by atoms with Gasteiger partial charge in [-0.3, -0.25) is 4.79 Å². The third kappa shape index (κ3) is 3.35. The second-order valence-corrected chi connectivity index (χ2v) is 2.75. The number of benzene rings is 1. The van der Waals surface area contributed by atoms with E-state index in [2.05, 4.69) is 0 Å². The van der Waals surface area contributed by atoms with Gasteiger partial charge in [-0.25, -0.2) is 0 Å². The average Bonchev–Trinajstić information content (AvgIpc) is 2.06. The second kappa shape index (κ2) is 4.50. The molecular formula is C10H8F2O2. The lowest BCUT2D eigenvalue weighted by atomic mass is 10.1. The van der Waals surface area contributed by atoms with Crippen molar-refractivity contribution in [2.45, 2.75) is 6.42 Å². The summed E-state index contributed by atoms with van der Waals surface area (Å²) in [7, 11) is 0. The molecule has 0 amide bonds. The fraction of sp³-hybridized carbons (Fsp3) is 0.100. The maximum atomic E-state index is 11.8. The molecule has 0 aliphatic rings. The van der Waals surface area contributed by atoms with Crippen LogP contribution in [0, 0.1) is 0 Å². The molecule has 0 unspecified atom stereocenters. The molecule has 0 heterocycles. The standard InChI is InChI=1S/C10H8F2O2/c11-9(12)5-7-1-3-8(4-2-7)6-10(13)14/h1-5H,6H2,(H,13,14). The summed E-state index contributed by atoms with van der Waals surface area (Å²) < 4.78 is 23.6. The zero-order valence-corrected chi connectivity index (χ0v) is 7.21. The SMILES string of the molecule is O=C(O)Cc1ccc(C=C(F)F)cc1. The van der Waals surface area contributed by atoms with Gasteiger partial charge in [-0.2, -0.15) is 8.78 Å². The molecule has 74 valence electrons. The topological polar surface area (TPSA) is 37.3 Å². The van der Waals surface area contributed by atoms with Crippen LogP contribution in [0.3, 0.4) is 0 Å². The minimum atomic E-state index is -1.77. The molecule has 1 rings (SSSR count). The molecule has 0 atom stereocenters. The maximum Gasteiger partial charge on any atom is 0.307 e. The smallest absolute Gasteiger partial charge is 0.307 e. The fourth-order valence-electron chi connectivity index (χ4n) is 1.03. The van der Waals surface area contributed by atoms with Crippen molar-refractivity contribution >= 4 is 12.0 Å². The third-order valence-corrected chi connectivity index (χ3v) is 1.61. The Bertz CT molecular complexity index is 351. The van der Waals surface area contributed by atoms with E-state index in [0.717, 1.165) is 6.08 Å². The number of carbonyl (C=O) groups is 1. The quantitative estimate of drug-likeness (QED) is 0.810. The number of halogens is 2. The molecule has 1 N–H and O–H groups in total. The molecule has 0 aliphatic heterocycles. The number of carboxylic acids is 1. The minimum absolute atomic E-state index is 0.0951. The van der Waals surface area contributed by atoms with Crippen LogP contribution in [0.4, 0.5) is 8.78 Å². The Morgan fingerprint density at radius 2 is 1.86 bits per heavy atom. The normalized spacial score (nSPS) is 9.57. The van der Waals surface area contributed by atoms with Gasteiger partial charge < -0.3 is 5.11 Å². The van der Waals surface area contributed by atoms with E-state index in [1.807, 2.05) is 0 Å².